The normalized spacial score (nSPS) is 22.8. The summed E-state index contributed by atoms with van der Waals surface area (Å²) in [7, 11) is 0. The van der Waals surface area contributed by atoms with Gasteiger partial charge in [-0.05, 0) is 17.7 Å². The van der Waals surface area contributed by atoms with Gasteiger partial charge in [-0.2, -0.15) is 0 Å². The number of hydrogen-bond acceptors (Lipinski definition) is 3. The molecule has 1 aromatic rings. The van der Waals surface area contributed by atoms with Crippen molar-refractivity contribution in [1.29, 1.82) is 0 Å². The first kappa shape index (κ1) is 11.0. The molecule has 0 saturated heterocycles. The molecule has 0 bridgehead atoms. The maximum absolute atomic E-state index is 12.0. The van der Waals surface area contributed by atoms with Crippen molar-refractivity contribution in [2.75, 3.05) is 0 Å². The molecule has 3 nitrogen and oxygen atoms in total. The van der Waals surface area contributed by atoms with Gasteiger partial charge in [-0.3, -0.25) is 9.59 Å². The molecule has 0 radical (unpaired) electrons. The molecule has 1 atom stereocenters. The second-order valence-corrected chi connectivity index (χ2v) is 4.46. The molecule has 0 spiro atoms. The van der Waals surface area contributed by atoms with Crippen LogP contribution < -0.4 is 0 Å². The average molecular weight is 240 g/mol. The van der Waals surface area contributed by atoms with Crippen LogP contribution in [0.3, 0.4) is 0 Å². The predicted molar refractivity (Wildman–Crippen MR) is 65.7 cm³/mol. The lowest BCUT2D eigenvalue weighted by molar-refractivity contribution is -0.120. The van der Waals surface area contributed by atoms with Gasteiger partial charge in [-0.15, -0.1) is 0 Å². The highest BCUT2D eigenvalue weighted by Gasteiger charge is 2.31. The van der Waals surface area contributed by atoms with Crippen molar-refractivity contribution in [3.63, 3.8) is 0 Å². The number of Topliss-reactive ketones (excluding diaryl/α,β-unsaturated/α-hetero) is 1. The number of carbonyl (C=O) groups is 2. The van der Waals surface area contributed by atoms with Crippen LogP contribution in [0.25, 0.3) is 0 Å². The summed E-state index contributed by atoms with van der Waals surface area (Å²) in [5.41, 5.74) is 1.53. The van der Waals surface area contributed by atoms with Crippen LogP contribution in [0.15, 0.2) is 53.8 Å². The fraction of sp³-hybridized carbons (Fsp3) is 0.200. The quantitative estimate of drug-likeness (QED) is 0.757. The number of ketones is 2. The van der Waals surface area contributed by atoms with Crippen molar-refractivity contribution >= 4 is 11.6 Å². The summed E-state index contributed by atoms with van der Waals surface area (Å²) < 4.78 is 5.80. The van der Waals surface area contributed by atoms with Crippen molar-refractivity contribution in [3.8, 4) is 0 Å². The molecule has 1 aliphatic heterocycles. The fourth-order valence-corrected chi connectivity index (χ4v) is 2.28. The van der Waals surface area contributed by atoms with Crippen molar-refractivity contribution in [3.05, 3.63) is 59.4 Å². The lowest BCUT2D eigenvalue weighted by Crippen LogP contribution is -2.23. The van der Waals surface area contributed by atoms with Crippen LogP contribution in [0.2, 0.25) is 0 Å². The van der Waals surface area contributed by atoms with Crippen molar-refractivity contribution in [2.45, 2.75) is 18.9 Å². The van der Waals surface area contributed by atoms with Crippen molar-refractivity contribution < 1.29 is 14.3 Å². The van der Waals surface area contributed by atoms with Crippen molar-refractivity contribution in [2.24, 2.45) is 0 Å². The molecular formula is C15H12O3. The first-order valence-corrected chi connectivity index (χ1v) is 5.93. The lowest BCUT2D eigenvalue weighted by atomic mass is 9.92. The highest BCUT2D eigenvalue weighted by atomic mass is 16.5. The summed E-state index contributed by atoms with van der Waals surface area (Å²) in [6.07, 6.45) is 3.28. The van der Waals surface area contributed by atoms with Crippen LogP contribution >= 0.6 is 0 Å². The summed E-state index contributed by atoms with van der Waals surface area (Å²) in [5, 5.41) is 0. The van der Waals surface area contributed by atoms with E-state index in [1.807, 2.05) is 30.3 Å². The van der Waals surface area contributed by atoms with Crippen LogP contribution in [0.4, 0.5) is 0 Å². The van der Waals surface area contributed by atoms with Crippen LogP contribution in [0.1, 0.15) is 24.5 Å². The van der Waals surface area contributed by atoms with E-state index in [1.165, 1.54) is 6.08 Å². The molecule has 0 fully saturated rings. The van der Waals surface area contributed by atoms with E-state index in [4.69, 9.17) is 4.74 Å². The topological polar surface area (TPSA) is 43.4 Å². The minimum absolute atomic E-state index is 0.0183. The monoisotopic (exact) mass is 240 g/mol. The molecule has 18 heavy (non-hydrogen) atoms. The van der Waals surface area contributed by atoms with Crippen molar-refractivity contribution in [1.82, 2.24) is 0 Å². The third-order valence-corrected chi connectivity index (χ3v) is 3.20. The van der Waals surface area contributed by atoms with E-state index in [9.17, 15) is 9.59 Å². The zero-order valence-electron chi connectivity index (χ0n) is 9.76. The molecule has 2 aliphatic rings. The maximum Gasteiger partial charge on any atom is 0.170 e. The van der Waals surface area contributed by atoms with Crippen LogP contribution in [-0.4, -0.2) is 11.6 Å². The molecule has 1 unspecified atom stereocenters. The van der Waals surface area contributed by atoms with Crippen LogP contribution in [0, 0.1) is 0 Å². The van der Waals surface area contributed by atoms with E-state index in [-0.39, 0.29) is 24.1 Å². The number of benzene rings is 1. The Morgan fingerprint density at radius 2 is 1.83 bits per heavy atom. The lowest BCUT2D eigenvalue weighted by Gasteiger charge is -2.28. The molecule has 3 heteroatoms. The Balaban J connectivity index is 1.92. The standard InChI is InChI=1S/C15H12O3/c16-11-6-7-12-13(17)9-14(18-15(12)8-11)10-4-2-1-3-5-10/h1-7,14H,8-9H2. The number of allylic oxidation sites excluding steroid dienone is 4. The Morgan fingerprint density at radius 3 is 2.61 bits per heavy atom. The van der Waals surface area contributed by atoms with Gasteiger partial charge in [0.1, 0.15) is 11.9 Å². The molecule has 1 heterocycles. The SMILES string of the molecule is O=C1C=CC2=C(C1)OC(c1ccccc1)CC2=O. The zero-order chi connectivity index (χ0) is 12.5. The summed E-state index contributed by atoms with van der Waals surface area (Å²) >= 11 is 0. The van der Waals surface area contributed by atoms with Gasteiger partial charge in [-0.25, -0.2) is 0 Å². The minimum atomic E-state index is -0.267. The molecule has 1 aromatic carbocycles. The molecule has 0 saturated carbocycles. The van der Waals surface area contributed by atoms with Gasteiger partial charge in [0.15, 0.2) is 11.6 Å². The Bertz CT molecular complexity index is 567. The van der Waals surface area contributed by atoms with E-state index < -0.39 is 0 Å². The van der Waals surface area contributed by atoms with Gasteiger partial charge in [0, 0.05) is 0 Å². The molecule has 90 valence electrons. The number of ether oxygens (including phenoxy) is 1. The van der Waals surface area contributed by atoms with E-state index in [0.717, 1.165) is 5.56 Å². The Morgan fingerprint density at radius 1 is 1.06 bits per heavy atom. The number of rotatable bonds is 1. The number of hydrogen-bond donors (Lipinski definition) is 0. The molecule has 0 amide bonds. The Hall–Kier alpha value is -2.16. The fourth-order valence-electron chi connectivity index (χ4n) is 2.28. The third kappa shape index (κ3) is 1.88. The first-order chi connectivity index (χ1) is 8.74. The zero-order valence-corrected chi connectivity index (χ0v) is 9.76. The Labute approximate surface area is 105 Å². The average Bonchev–Trinajstić information content (AvgIpc) is 2.39. The van der Waals surface area contributed by atoms with E-state index in [2.05, 4.69) is 0 Å². The van der Waals surface area contributed by atoms with Gasteiger partial charge < -0.3 is 4.74 Å². The molecular weight excluding hydrogens is 228 g/mol. The summed E-state index contributed by atoms with van der Waals surface area (Å²) in [6, 6.07) is 9.62. The number of carbonyl (C=O) groups excluding carboxylic acids is 2. The predicted octanol–water partition coefficient (Wildman–Crippen LogP) is 2.50. The van der Waals surface area contributed by atoms with Gasteiger partial charge in [0.2, 0.25) is 0 Å². The van der Waals surface area contributed by atoms with Gasteiger partial charge in [0.25, 0.3) is 0 Å². The van der Waals surface area contributed by atoms with E-state index in [1.54, 1.807) is 6.08 Å². The largest absolute Gasteiger partial charge is 0.488 e. The second-order valence-electron chi connectivity index (χ2n) is 4.46. The minimum Gasteiger partial charge on any atom is -0.488 e. The molecule has 0 N–H and O–H groups in total. The van der Waals surface area contributed by atoms with Gasteiger partial charge >= 0.3 is 0 Å². The van der Waals surface area contributed by atoms with Gasteiger partial charge in [0.05, 0.1) is 18.4 Å². The molecule has 0 aromatic heterocycles. The highest BCUT2D eigenvalue weighted by molar-refractivity contribution is 6.05. The first-order valence-electron chi connectivity index (χ1n) is 5.93. The van der Waals surface area contributed by atoms with Crippen LogP contribution in [0.5, 0.6) is 0 Å². The third-order valence-electron chi connectivity index (χ3n) is 3.20. The molecule has 3 rings (SSSR count). The second kappa shape index (κ2) is 4.26. The molecule has 1 aliphatic carbocycles. The Kier molecular flexibility index (Phi) is 2.59. The smallest absolute Gasteiger partial charge is 0.170 e. The van der Waals surface area contributed by atoms with Gasteiger partial charge in [-0.1, -0.05) is 30.3 Å². The summed E-state index contributed by atoms with van der Waals surface area (Å²) in [6.45, 7) is 0. The van der Waals surface area contributed by atoms with E-state index >= 15 is 0 Å². The highest BCUT2D eigenvalue weighted by Crippen LogP contribution is 2.35. The van der Waals surface area contributed by atoms with Crippen LogP contribution in [-0.2, 0) is 14.3 Å². The summed E-state index contributed by atoms with van der Waals surface area (Å²) in [5.74, 6) is 0.553. The summed E-state index contributed by atoms with van der Waals surface area (Å²) in [4.78, 5) is 23.4. The van der Waals surface area contributed by atoms with E-state index in [0.29, 0.717) is 17.8 Å². The maximum atomic E-state index is 12.0.